The summed E-state index contributed by atoms with van der Waals surface area (Å²) >= 11 is 10.2. The van der Waals surface area contributed by atoms with E-state index in [1.54, 1.807) is 9.80 Å². The summed E-state index contributed by atoms with van der Waals surface area (Å²) < 4.78 is 1.34. The lowest BCUT2D eigenvalue weighted by Gasteiger charge is -2.23. The SMILES string of the molecule is CCN1C(=O)/C(=C2\SC(=S)N([C@H](C)c3ccccc3)C2=O)c2cc(Br)ccc21. The molecule has 0 bridgehead atoms. The standard InChI is InChI=1S/C21H17BrN2O2S2/c1-3-23-16-10-9-14(22)11-15(16)17(19(23)25)18-20(26)24(21(27)28-18)12(2)13-7-5-4-6-8-13/h4-12H,3H2,1-2H3/b18-17-/t12-/m1/s1. The second kappa shape index (κ2) is 7.46. The summed E-state index contributed by atoms with van der Waals surface area (Å²) in [6.07, 6.45) is 0. The zero-order valence-electron chi connectivity index (χ0n) is 15.3. The lowest BCUT2D eigenvalue weighted by Crippen LogP contribution is -2.31. The van der Waals surface area contributed by atoms with Crippen molar-refractivity contribution in [2.24, 2.45) is 0 Å². The molecule has 0 aliphatic carbocycles. The third kappa shape index (κ3) is 3.02. The van der Waals surface area contributed by atoms with Gasteiger partial charge in [0.2, 0.25) is 0 Å². The van der Waals surface area contributed by atoms with Crippen LogP contribution in [0.3, 0.4) is 0 Å². The van der Waals surface area contributed by atoms with Gasteiger partial charge in [-0.2, -0.15) is 0 Å². The van der Waals surface area contributed by atoms with Gasteiger partial charge in [-0.15, -0.1) is 0 Å². The molecule has 2 aromatic rings. The number of fused-ring (bicyclic) bond motifs is 1. The van der Waals surface area contributed by atoms with Crippen LogP contribution in [0.25, 0.3) is 5.57 Å². The Labute approximate surface area is 181 Å². The van der Waals surface area contributed by atoms with Gasteiger partial charge in [0.15, 0.2) is 0 Å². The van der Waals surface area contributed by atoms with Crippen LogP contribution in [0.5, 0.6) is 0 Å². The summed E-state index contributed by atoms with van der Waals surface area (Å²) in [5.74, 6) is -0.359. The third-order valence-electron chi connectivity index (χ3n) is 4.99. The first-order valence-corrected chi connectivity index (χ1v) is 10.9. The fraction of sp³-hybridized carbons (Fsp3) is 0.190. The van der Waals surface area contributed by atoms with Crippen molar-refractivity contribution in [3.8, 4) is 0 Å². The summed E-state index contributed by atoms with van der Waals surface area (Å²) in [5.41, 5.74) is 3.04. The van der Waals surface area contributed by atoms with Gasteiger partial charge in [0, 0.05) is 16.6 Å². The summed E-state index contributed by atoms with van der Waals surface area (Å²) in [5, 5.41) is 0. The average Bonchev–Trinajstić information content (AvgIpc) is 3.13. The molecule has 2 aromatic carbocycles. The Morgan fingerprint density at radius 2 is 1.82 bits per heavy atom. The van der Waals surface area contributed by atoms with Gasteiger partial charge < -0.3 is 4.90 Å². The van der Waals surface area contributed by atoms with Crippen molar-refractivity contribution in [3.05, 3.63) is 69.0 Å². The normalized spacial score (nSPS) is 20.2. The van der Waals surface area contributed by atoms with E-state index >= 15 is 0 Å². The largest absolute Gasteiger partial charge is 0.308 e. The number of thioether (sulfide) groups is 1. The van der Waals surface area contributed by atoms with E-state index in [9.17, 15) is 9.59 Å². The number of carbonyl (C=O) groups excluding carboxylic acids is 2. The molecule has 1 atom stereocenters. The predicted molar refractivity (Wildman–Crippen MR) is 121 cm³/mol. The minimum Gasteiger partial charge on any atom is -0.308 e. The molecule has 7 heteroatoms. The summed E-state index contributed by atoms with van der Waals surface area (Å²) in [4.78, 5) is 30.2. The molecule has 0 spiro atoms. The first-order chi connectivity index (χ1) is 13.4. The van der Waals surface area contributed by atoms with Crippen LogP contribution in [0, 0.1) is 0 Å². The Bertz CT molecular complexity index is 1040. The molecular weight excluding hydrogens is 456 g/mol. The third-order valence-corrected chi connectivity index (χ3v) is 6.88. The fourth-order valence-electron chi connectivity index (χ4n) is 3.58. The van der Waals surface area contributed by atoms with E-state index < -0.39 is 0 Å². The first kappa shape index (κ1) is 19.4. The van der Waals surface area contributed by atoms with Crippen LogP contribution in [0.4, 0.5) is 5.69 Å². The van der Waals surface area contributed by atoms with Crippen molar-refractivity contribution in [1.29, 1.82) is 0 Å². The molecule has 0 unspecified atom stereocenters. The van der Waals surface area contributed by atoms with Gasteiger partial charge >= 0.3 is 0 Å². The van der Waals surface area contributed by atoms with E-state index in [1.165, 1.54) is 11.8 Å². The van der Waals surface area contributed by atoms with Gasteiger partial charge in [0.25, 0.3) is 11.8 Å². The van der Waals surface area contributed by atoms with Crippen LogP contribution < -0.4 is 4.90 Å². The maximum atomic E-state index is 13.3. The molecule has 2 heterocycles. The van der Waals surface area contributed by atoms with Crippen LogP contribution in [0.1, 0.15) is 31.0 Å². The molecule has 4 rings (SSSR count). The highest BCUT2D eigenvalue weighted by atomic mass is 79.9. The molecule has 1 saturated heterocycles. The minimum absolute atomic E-state index is 0.150. The summed E-state index contributed by atoms with van der Waals surface area (Å²) in [7, 11) is 0. The fourth-order valence-corrected chi connectivity index (χ4v) is 5.43. The molecule has 0 aromatic heterocycles. The highest BCUT2D eigenvalue weighted by Gasteiger charge is 2.43. The smallest absolute Gasteiger partial charge is 0.267 e. The van der Waals surface area contributed by atoms with E-state index in [0.29, 0.717) is 21.3 Å². The Hall–Kier alpha value is -1.96. The number of anilines is 1. The van der Waals surface area contributed by atoms with E-state index in [1.807, 2.05) is 62.4 Å². The number of thiocarbonyl (C=S) groups is 1. The number of carbonyl (C=O) groups is 2. The highest BCUT2D eigenvalue weighted by molar-refractivity contribution is 9.10. The van der Waals surface area contributed by atoms with E-state index in [-0.39, 0.29) is 17.9 Å². The molecule has 1 fully saturated rings. The molecular formula is C21H17BrN2O2S2. The van der Waals surface area contributed by atoms with Gasteiger partial charge in [-0.25, -0.2) is 0 Å². The maximum Gasteiger partial charge on any atom is 0.267 e. The van der Waals surface area contributed by atoms with Crippen molar-refractivity contribution in [3.63, 3.8) is 0 Å². The van der Waals surface area contributed by atoms with Gasteiger partial charge in [0.1, 0.15) is 4.32 Å². The zero-order chi connectivity index (χ0) is 20.0. The molecule has 142 valence electrons. The van der Waals surface area contributed by atoms with Gasteiger partial charge in [-0.3, -0.25) is 14.5 Å². The quantitative estimate of drug-likeness (QED) is 0.457. The second-order valence-electron chi connectivity index (χ2n) is 6.54. The lowest BCUT2D eigenvalue weighted by atomic mass is 10.1. The minimum atomic E-state index is -0.210. The number of rotatable bonds is 3. The average molecular weight is 473 g/mol. The van der Waals surface area contributed by atoms with Crippen LogP contribution >= 0.6 is 39.9 Å². The molecule has 28 heavy (non-hydrogen) atoms. The van der Waals surface area contributed by atoms with Crippen molar-refractivity contribution in [2.75, 3.05) is 11.4 Å². The number of amides is 2. The molecule has 0 saturated carbocycles. The number of nitrogens with zero attached hydrogens (tertiary/aromatic N) is 2. The number of benzene rings is 2. The predicted octanol–water partition coefficient (Wildman–Crippen LogP) is 5.15. The van der Waals surface area contributed by atoms with Crippen molar-refractivity contribution in [2.45, 2.75) is 19.9 Å². The van der Waals surface area contributed by atoms with Crippen LogP contribution in [-0.4, -0.2) is 27.6 Å². The number of halogens is 1. The van der Waals surface area contributed by atoms with Crippen molar-refractivity contribution >= 4 is 67.3 Å². The zero-order valence-corrected chi connectivity index (χ0v) is 18.5. The van der Waals surface area contributed by atoms with Gasteiger partial charge in [-0.05, 0) is 37.6 Å². The number of hydrogen-bond donors (Lipinski definition) is 0. The molecule has 2 amide bonds. The van der Waals surface area contributed by atoms with E-state index in [2.05, 4.69) is 15.9 Å². The molecule has 0 N–H and O–H groups in total. The summed E-state index contributed by atoms with van der Waals surface area (Å²) in [6, 6.07) is 15.3. The van der Waals surface area contributed by atoms with Crippen LogP contribution in [0.2, 0.25) is 0 Å². The topological polar surface area (TPSA) is 40.6 Å². The monoisotopic (exact) mass is 472 g/mol. The molecule has 4 nitrogen and oxygen atoms in total. The first-order valence-electron chi connectivity index (χ1n) is 8.90. The van der Waals surface area contributed by atoms with E-state index in [0.717, 1.165) is 21.3 Å². The lowest BCUT2D eigenvalue weighted by molar-refractivity contribution is -0.123. The Morgan fingerprint density at radius 1 is 1.11 bits per heavy atom. The molecule has 0 radical (unpaired) electrons. The van der Waals surface area contributed by atoms with Crippen LogP contribution in [-0.2, 0) is 9.59 Å². The van der Waals surface area contributed by atoms with E-state index in [4.69, 9.17) is 12.2 Å². The molecule has 2 aliphatic heterocycles. The van der Waals surface area contributed by atoms with Crippen molar-refractivity contribution in [1.82, 2.24) is 4.90 Å². The maximum absolute atomic E-state index is 13.3. The van der Waals surface area contributed by atoms with Gasteiger partial charge in [-0.1, -0.05) is 70.2 Å². The van der Waals surface area contributed by atoms with Crippen LogP contribution in [0.15, 0.2) is 57.9 Å². The molecule has 2 aliphatic rings. The Kier molecular flexibility index (Phi) is 5.16. The van der Waals surface area contributed by atoms with Crippen molar-refractivity contribution < 1.29 is 9.59 Å². The number of hydrogen-bond acceptors (Lipinski definition) is 4. The highest BCUT2D eigenvalue weighted by Crippen LogP contribution is 2.46. The summed E-state index contributed by atoms with van der Waals surface area (Å²) in [6.45, 7) is 4.42. The van der Waals surface area contributed by atoms with Gasteiger partial charge in [0.05, 0.1) is 22.2 Å². The number of likely N-dealkylation sites (N-methyl/N-ethyl adjacent to an activating group) is 1. The Balaban J connectivity index is 1.81. The Morgan fingerprint density at radius 3 is 2.50 bits per heavy atom. The second-order valence-corrected chi connectivity index (χ2v) is 9.10.